The number of piperidine rings is 1. The Bertz CT molecular complexity index is 217. The van der Waals surface area contributed by atoms with Crippen LogP contribution in [-0.4, -0.2) is 74.9 Å². The van der Waals surface area contributed by atoms with E-state index in [1.165, 1.54) is 25.9 Å². The number of rotatable bonds is 4. The first-order valence-corrected chi connectivity index (χ1v) is 7.04. The Labute approximate surface area is 105 Å². The Morgan fingerprint density at radius 1 is 1.24 bits per heavy atom. The van der Waals surface area contributed by atoms with Gasteiger partial charge < -0.3 is 19.9 Å². The molecular formula is C13H27N3O. The largest absolute Gasteiger partial charge is 0.374 e. The Hall–Kier alpha value is -0.160. The van der Waals surface area contributed by atoms with Gasteiger partial charge in [-0.2, -0.15) is 0 Å². The van der Waals surface area contributed by atoms with Crippen molar-refractivity contribution in [1.82, 2.24) is 15.1 Å². The molecule has 2 rings (SSSR count). The molecule has 2 heterocycles. The highest BCUT2D eigenvalue weighted by atomic mass is 16.5. The molecule has 0 aromatic rings. The summed E-state index contributed by atoms with van der Waals surface area (Å²) in [5.74, 6) is 0. The number of morpholine rings is 1. The summed E-state index contributed by atoms with van der Waals surface area (Å²) >= 11 is 0. The third kappa shape index (κ3) is 4.21. The van der Waals surface area contributed by atoms with Gasteiger partial charge in [-0.25, -0.2) is 0 Å². The molecule has 1 atom stereocenters. The van der Waals surface area contributed by atoms with Crippen LogP contribution in [-0.2, 0) is 4.74 Å². The van der Waals surface area contributed by atoms with Crippen LogP contribution in [0.2, 0.25) is 0 Å². The first-order valence-electron chi connectivity index (χ1n) is 7.04. The van der Waals surface area contributed by atoms with E-state index in [9.17, 15) is 0 Å². The number of nitrogens with one attached hydrogen (secondary N) is 1. The Morgan fingerprint density at radius 3 is 2.65 bits per heavy atom. The van der Waals surface area contributed by atoms with Crippen molar-refractivity contribution in [2.24, 2.45) is 0 Å². The quantitative estimate of drug-likeness (QED) is 0.771. The summed E-state index contributed by atoms with van der Waals surface area (Å²) in [7, 11) is 2.19. The average Bonchev–Trinajstić information content (AvgIpc) is 2.32. The minimum atomic E-state index is 0.421. The average molecular weight is 241 g/mol. The maximum atomic E-state index is 5.83. The van der Waals surface area contributed by atoms with Gasteiger partial charge in [0, 0.05) is 25.7 Å². The van der Waals surface area contributed by atoms with Crippen LogP contribution < -0.4 is 5.32 Å². The van der Waals surface area contributed by atoms with Gasteiger partial charge in [0.25, 0.3) is 0 Å². The summed E-state index contributed by atoms with van der Waals surface area (Å²) in [6, 6.07) is 0.742. The van der Waals surface area contributed by atoms with Crippen LogP contribution in [0, 0.1) is 0 Å². The zero-order valence-electron chi connectivity index (χ0n) is 11.3. The number of likely N-dealkylation sites (tertiary alicyclic amines) is 1. The fourth-order valence-corrected chi connectivity index (χ4v) is 2.87. The first kappa shape index (κ1) is 13.3. The standard InChI is InChI=1S/C13H27N3O/c1-3-14-12-4-6-16(7-5-12)11-13-10-15(2)8-9-17-13/h12-14H,3-11H2,1-2H3. The predicted molar refractivity (Wildman–Crippen MR) is 70.4 cm³/mol. The van der Waals surface area contributed by atoms with E-state index in [2.05, 4.69) is 29.1 Å². The smallest absolute Gasteiger partial charge is 0.0829 e. The van der Waals surface area contributed by atoms with Crippen LogP contribution in [0.5, 0.6) is 0 Å². The molecule has 2 aliphatic heterocycles. The summed E-state index contributed by atoms with van der Waals surface area (Å²) in [4.78, 5) is 4.94. The SMILES string of the molecule is CCNC1CCN(CC2CN(C)CCO2)CC1. The molecule has 1 N–H and O–H groups in total. The van der Waals surface area contributed by atoms with Gasteiger partial charge in [0.05, 0.1) is 12.7 Å². The van der Waals surface area contributed by atoms with Gasteiger partial charge in [-0.1, -0.05) is 6.92 Å². The van der Waals surface area contributed by atoms with E-state index < -0.39 is 0 Å². The van der Waals surface area contributed by atoms with Gasteiger partial charge in [0.15, 0.2) is 0 Å². The van der Waals surface area contributed by atoms with Crippen LogP contribution in [0.15, 0.2) is 0 Å². The maximum Gasteiger partial charge on any atom is 0.0829 e. The normalized spacial score (nSPS) is 29.6. The molecule has 1 unspecified atom stereocenters. The molecule has 0 aliphatic carbocycles. The fraction of sp³-hybridized carbons (Fsp3) is 1.00. The maximum absolute atomic E-state index is 5.83. The van der Waals surface area contributed by atoms with Gasteiger partial charge >= 0.3 is 0 Å². The lowest BCUT2D eigenvalue weighted by molar-refractivity contribution is -0.0385. The number of hydrogen-bond donors (Lipinski definition) is 1. The second-order valence-corrected chi connectivity index (χ2v) is 5.39. The van der Waals surface area contributed by atoms with Crippen LogP contribution >= 0.6 is 0 Å². The van der Waals surface area contributed by atoms with Gasteiger partial charge in [-0.3, -0.25) is 0 Å². The van der Waals surface area contributed by atoms with Crippen molar-refractivity contribution in [3.05, 3.63) is 0 Å². The molecule has 0 spiro atoms. The molecule has 100 valence electrons. The van der Waals surface area contributed by atoms with Crippen molar-refractivity contribution in [2.75, 3.05) is 52.9 Å². The van der Waals surface area contributed by atoms with Crippen LogP contribution in [0.1, 0.15) is 19.8 Å². The minimum absolute atomic E-state index is 0.421. The molecule has 0 saturated carbocycles. The van der Waals surface area contributed by atoms with Gasteiger partial charge in [-0.05, 0) is 39.5 Å². The summed E-state index contributed by atoms with van der Waals surface area (Å²) in [5, 5.41) is 3.55. The Kier molecular flexibility index (Phi) is 5.22. The van der Waals surface area contributed by atoms with E-state index in [1.54, 1.807) is 0 Å². The number of hydrogen-bond acceptors (Lipinski definition) is 4. The third-order valence-electron chi connectivity index (χ3n) is 3.88. The highest BCUT2D eigenvalue weighted by molar-refractivity contribution is 4.80. The second kappa shape index (κ2) is 6.69. The molecule has 17 heavy (non-hydrogen) atoms. The molecule has 0 amide bonds. The Balaban J connectivity index is 1.67. The van der Waals surface area contributed by atoms with Crippen molar-refractivity contribution in [3.63, 3.8) is 0 Å². The topological polar surface area (TPSA) is 27.7 Å². The molecule has 4 nitrogen and oxygen atoms in total. The van der Waals surface area contributed by atoms with Crippen LogP contribution in [0.4, 0.5) is 0 Å². The number of likely N-dealkylation sites (N-methyl/N-ethyl adjacent to an activating group) is 1. The molecule has 4 heteroatoms. The Morgan fingerprint density at radius 2 is 2.00 bits per heavy atom. The molecular weight excluding hydrogens is 214 g/mol. The second-order valence-electron chi connectivity index (χ2n) is 5.39. The van der Waals surface area contributed by atoms with Crippen LogP contribution in [0.25, 0.3) is 0 Å². The van der Waals surface area contributed by atoms with Gasteiger partial charge in [0.2, 0.25) is 0 Å². The number of nitrogens with zero attached hydrogens (tertiary/aromatic N) is 2. The summed E-state index contributed by atoms with van der Waals surface area (Å²) in [6.45, 7) is 9.92. The van der Waals surface area contributed by atoms with E-state index >= 15 is 0 Å². The molecule has 0 aromatic heterocycles. The molecule has 2 fully saturated rings. The fourth-order valence-electron chi connectivity index (χ4n) is 2.87. The molecule has 2 aliphatic rings. The highest BCUT2D eigenvalue weighted by Crippen LogP contribution is 2.12. The number of ether oxygens (including phenoxy) is 1. The summed E-state index contributed by atoms with van der Waals surface area (Å²) in [6.07, 6.45) is 3.00. The third-order valence-corrected chi connectivity index (χ3v) is 3.88. The highest BCUT2D eigenvalue weighted by Gasteiger charge is 2.23. The van der Waals surface area contributed by atoms with Crippen molar-refractivity contribution >= 4 is 0 Å². The molecule has 0 radical (unpaired) electrons. The zero-order chi connectivity index (χ0) is 12.1. The van der Waals surface area contributed by atoms with Crippen molar-refractivity contribution in [2.45, 2.75) is 31.9 Å². The first-order chi connectivity index (χ1) is 8.28. The van der Waals surface area contributed by atoms with Crippen molar-refractivity contribution < 1.29 is 4.74 Å². The molecule has 0 aromatic carbocycles. The lowest BCUT2D eigenvalue weighted by Crippen LogP contribution is -2.49. The van der Waals surface area contributed by atoms with Crippen molar-refractivity contribution in [1.29, 1.82) is 0 Å². The van der Waals surface area contributed by atoms with E-state index in [0.29, 0.717) is 6.10 Å². The lowest BCUT2D eigenvalue weighted by atomic mass is 10.0. The van der Waals surface area contributed by atoms with E-state index in [1.807, 2.05) is 0 Å². The molecule has 2 saturated heterocycles. The summed E-state index contributed by atoms with van der Waals surface area (Å²) in [5.41, 5.74) is 0. The monoisotopic (exact) mass is 241 g/mol. The van der Waals surface area contributed by atoms with E-state index in [0.717, 1.165) is 38.8 Å². The summed E-state index contributed by atoms with van der Waals surface area (Å²) < 4.78 is 5.83. The molecule has 0 bridgehead atoms. The van der Waals surface area contributed by atoms with Gasteiger partial charge in [-0.15, -0.1) is 0 Å². The lowest BCUT2D eigenvalue weighted by Gasteiger charge is -2.37. The van der Waals surface area contributed by atoms with Gasteiger partial charge in [0.1, 0.15) is 0 Å². The van der Waals surface area contributed by atoms with Crippen molar-refractivity contribution in [3.8, 4) is 0 Å². The predicted octanol–water partition coefficient (Wildman–Crippen LogP) is 0.391. The van der Waals surface area contributed by atoms with E-state index in [-0.39, 0.29) is 0 Å². The zero-order valence-corrected chi connectivity index (χ0v) is 11.3. The minimum Gasteiger partial charge on any atom is -0.374 e. The van der Waals surface area contributed by atoms with E-state index in [4.69, 9.17) is 4.74 Å². The van der Waals surface area contributed by atoms with Crippen LogP contribution in [0.3, 0.4) is 0 Å².